The van der Waals surface area contributed by atoms with Crippen LogP contribution in [-0.4, -0.2) is 28.3 Å². The van der Waals surface area contributed by atoms with Crippen molar-refractivity contribution in [3.05, 3.63) is 41.7 Å². The van der Waals surface area contributed by atoms with Crippen molar-refractivity contribution in [2.45, 2.75) is 78.4 Å². The molecule has 4 nitrogen and oxygen atoms in total. The molecule has 0 saturated carbocycles. The van der Waals surface area contributed by atoms with Crippen molar-refractivity contribution in [3.63, 3.8) is 0 Å². The Hall–Kier alpha value is -1.98. The van der Waals surface area contributed by atoms with Gasteiger partial charge >= 0.3 is 7.12 Å². The van der Waals surface area contributed by atoms with Crippen LogP contribution in [0.1, 0.15) is 78.6 Å². The molecule has 3 heterocycles. The lowest BCUT2D eigenvalue weighted by Gasteiger charge is -2.32. The Morgan fingerprint density at radius 2 is 1.31 bits per heavy atom. The van der Waals surface area contributed by atoms with Gasteiger partial charge in [-0.25, -0.2) is 0 Å². The molecule has 1 aromatic carbocycles. The maximum atomic E-state index is 6.40. The first kappa shape index (κ1) is 20.3. The lowest BCUT2D eigenvalue weighted by Crippen LogP contribution is -2.41. The summed E-state index contributed by atoms with van der Waals surface area (Å²) < 4.78 is 12.8. The Balaban J connectivity index is 2.00. The molecule has 0 aliphatic carbocycles. The van der Waals surface area contributed by atoms with Crippen LogP contribution in [0, 0.1) is 0 Å². The second-order valence-electron chi connectivity index (χ2n) is 9.80. The molecule has 29 heavy (non-hydrogen) atoms. The molecule has 0 spiro atoms. The second-order valence-corrected chi connectivity index (χ2v) is 9.80. The molecule has 0 amide bonds. The molecule has 0 atom stereocenters. The van der Waals surface area contributed by atoms with Gasteiger partial charge in [0.2, 0.25) is 0 Å². The average Bonchev–Trinajstić information content (AvgIpc) is 2.87. The number of rotatable bonds is 3. The molecule has 0 radical (unpaired) electrons. The monoisotopic (exact) mass is 390 g/mol. The molecule has 0 bridgehead atoms. The standard InChI is InChI=1S/C24H31BN2O2/c1-14(2)19-12-10-16-9-11-17-18(25-28-23(5,6)24(7,8)29-25)13-20(15(3)4)27-22(17)21(16)26-19/h9-15H,1-8H3. The number of pyridine rings is 2. The number of hydrogen-bond donors (Lipinski definition) is 0. The van der Waals surface area contributed by atoms with Crippen LogP contribution in [0.25, 0.3) is 21.8 Å². The van der Waals surface area contributed by atoms with Gasteiger partial charge in [0.05, 0.1) is 22.2 Å². The lowest BCUT2D eigenvalue weighted by atomic mass is 9.76. The van der Waals surface area contributed by atoms with E-state index in [1.54, 1.807) is 0 Å². The molecule has 5 heteroatoms. The number of benzene rings is 1. The highest BCUT2D eigenvalue weighted by Crippen LogP contribution is 2.37. The Morgan fingerprint density at radius 3 is 1.90 bits per heavy atom. The van der Waals surface area contributed by atoms with Gasteiger partial charge in [-0.3, -0.25) is 9.97 Å². The van der Waals surface area contributed by atoms with Crippen molar-refractivity contribution >= 4 is 34.4 Å². The second kappa shape index (κ2) is 6.78. The van der Waals surface area contributed by atoms with Crippen LogP contribution in [0.2, 0.25) is 0 Å². The fourth-order valence-electron chi connectivity index (χ4n) is 3.72. The molecule has 0 N–H and O–H groups in total. The third kappa shape index (κ3) is 3.34. The largest absolute Gasteiger partial charge is 0.495 e. The highest BCUT2D eigenvalue weighted by atomic mass is 16.7. The zero-order chi connectivity index (χ0) is 21.1. The summed E-state index contributed by atoms with van der Waals surface area (Å²) in [7, 11) is -0.422. The smallest absolute Gasteiger partial charge is 0.399 e. The van der Waals surface area contributed by atoms with Crippen LogP contribution in [0.3, 0.4) is 0 Å². The van der Waals surface area contributed by atoms with E-state index in [-0.39, 0.29) is 11.2 Å². The van der Waals surface area contributed by atoms with Crippen molar-refractivity contribution in [3.8, 4) is 0 Å². The molecule has 1 aliphatic heterocycles. The lowest BCUT2D eigenvalue weighted by molar-refractivity contribution is 0.00578. The summed E-state index contributed by atoms with van der Waals surface area (Å²) >= 11 is 0. The Labute approximate surface area is 174 Å². The molecule has 2 aromatic heterocycles. The molecular formula is C24H31BN2O2. The van der Waals surface area contributed by atoms with E-state index in [2.05, 4.69) is 85.7 Å². The summed E-state index contributed by atoms with van der Waals surface area (Å²) in [6, 6.07) is 10.7. The first-order chi connectivity index (χ1) is 13.5. The third-order valence-corrected chi connectivity index (χ3v) is 6.40. The quantitative estimate of drug-likeness (QED) is 0.448. The van der Waals surface area contributed by atoms with Crippen LogP contribution in [0.15, 0.2) is 30.3 Å². The van der Waals surface area contributed by atoms with Crippen molar-refractivity contribution in [2.75, 3.05) is 0 Å². The van der Waals surface area contributed by atoms with Crippen molar-refractivity contribution in [1.29, 1.82) is 0 Å². The van der Waals surface area contributed by atoms with Crippen LogP contribution in [0.4, 0.5) is 0 Å². The minimum Gasteiger partial charge on any atom is -0.399 e. The maximum Gasteiger partial charge on any atom is 0.495 e. The zero-order valence-corrected chi connectivity index (χ0v) is 18.8. The van der Waals surface area contributed by atoms with Crippen molar-refractivity contribution < 1.29 is 9.31 Å². The Morgan fingerprint density at radius 1 is 0.759 bits per heavy atom. The predicted octanol–water partition coefficient (Wildman–Crippen LogP) is 5.33. The summed E-state index contributed by atoms with van der Waals surface area (Å²) in [4.78, 5) is 10.0. The van der Waals surface area contributed by atoms with Gasteiger partial charge in [0.1, 0.15) is 0 Å². The number of hydrogen-bond acceptors (Lipinski definition) is 4. The zero-order valence-electron chi connectivity index (χ0n) is 18.8. The van der Waals surface area contributed by atoms with Gasteiger partial charge in [-0.05, 0) is 57.1 Å². The topological polar surface area (TPSA) is 44.2 Å². The maximum absolute atomic E-state index is 6.40. The van der Waals surface area contributed by atoms with E-state index >= 15 is 0 Å². The summed E-state index contributed by atoms with van der Waals surface area (Å²) in [5.74, 6) is 0.662. The normalized spacial score (nSPS) is 18.5. The Kier molecular flexibility index (Phi) is 4.75. The highest BCUT2D eigenvalue weighted by molar-refractivity contribution is 6.65. The molecule has 0 unspecified atom stereocenters. The molecular weight excluding hydrogens is 359 g/mol. The van der Waals surface area contributed by atoms with Crippen molar-refractivity contribution in [2.24, 2.45) is 0 Å². The van der Waals surface area contributed by atoms with Gasteiger partial charge in [-0.2, -0.15) is 0 Å². The molecule has 3 aromatic rings. The fourth-order valence-corrected chi connectivity index (χ4v) is 3.72. The molecule has 152 valence electrons. The minimum atomic E-state index is -0.422. The van der Waals surface area contributed by atoms with Gasteiger partial charge in [0.25, 0.3) is 0 Å². The number of nitrogens with zero attached hydrogens (tertiary/aromatic N) is 2. The van der Waals surface area contributed by atoms with Crippen LogP contribution >= 0.6 is 0 Å². The van der Waals surface area contributed by atoms with Gasteiger partial charge < -0.3 is 9.31 Å². The highest BCUT2D eigenvalue weighted by Gasteiger charge is 2.52. The van der Waals surface area contributed by atoms with E-state index in [0.29, 0.717) is 11.8 Å². The van der Waals surface area contributed by atoms with Crippen molar-refractivity contribution in [1.82, 2.24) is 9.97 Å². The molecule has 4 rings (SSSR count). The van der Waals surface area contributed by atoms with E-state index in [4.69, 9.17) is 19.3 Å². The van der Waals surface area contributed by atoms with E-state index in [1.165, 1.54) is 0 Å². The Bertz CT molecular complexity index is 1070. The minimum absolute atomic E-state index is 0.295. The van der Waals surface area contributed by atoms with Gasteiger partial charge in [0.15, 0.2) is 0 Å². The van der Waals surface area contributed by atoms with Gasteiger partial charge in [0, 0.05) is 22.2 Å². The van der Waals surface area contributed by atoms with E-state index in [1.807, 2.05) is 0 Å². The summed E-state index contributed by atoms with van der Waals surface area (Å²) in [6.07, 6.45) is 0. The van der Waals surface area contributed by atoms with Gasteiger partial charge in [-0.15, -0.1) is 0 Å². The fraction of sp³-hybridized carbons (Fsp3) is 0.500. The predicted molar refractivity (Wildman–Crippen MR) is 121 cm³/mol. The summed E-state index contributed by atoms with van der Waals surface area (Å²) in [5.41, 5.74) is 4.27. The summed E-state index contributed by atoms with van der Waals surface area (Å²) in [6.45, 7) is 17.0. The molecule has 1 fully saturated rings. The molecule has 1 aliphatic rings. The van der Waals surface area contributed by atoms with Crippen LogP contribution in [0.5, 0.6) is 0 Å². The molecule has 1 saturated heterocycles. The first-order valence-corrected chi connectivity index (χ1v) is 10.6. The average molecular weight is 390 g/mol. The van der Waals surface area contributed by atoms with Crippen LogP contribution in [-0.2, 0) is 9.31 Å². The number of fused-ring (bicyclic) bond motifs is 3. The van der Waals surface area contributed by atoms with E-state index < -0.39 is 7.12 Å². The van der Waals surface area contributed by atoms with Crippen LogP contribution < -0.4 is 5.46 Å². The summed E-state index contributed by atoms with van der Waals surface area (Å²) in [5, 5.41) is 2.16. The number of aromatic nitrogens is 2. The van der Waals surface area contributed by atoms with E-state index in [0.717, 1.165) is 38.7 Å². The third-order valence-electron chi connectivity index (χ3n) is 6.40. The van der Waals surface area contributed by atoms with E-state index in [9.17, 15) is 0 Å². The SMILES string of the molecule is CC(C)c1ccc2ccc3c(B4OC(C)(C)C(C)(C)O4)cc(C(C)C)nc3c2n1. The first-order valence-electron chi connectivity index (χ1n) is 10.6. The van der Waals surface area contributed by atoms with Gasteiger partial charge in [-0.1, -0.05) is 45.9 Å².